The average Bonchev–Trinajstić information content (AvgIpc) is 2.47. The SMILES string of the molecule is COc1cc(NC(=O)c2nccnc2N)cc(OC)c1. The Morgan fingerprint density at radius 1 is 1.10 bits per heavy atom. The Bertz CT molecular complexity index is 609. The van der Waals surface area contributed by atoms with Gasteiger partial charge in [0.1, 0.15) is 11.5 Å². The zero-order chi connectivity index (χ0) is 14.5. The molecule has 0 fully saturated rings. The van der Waals surface area contributed by atoms with E-state index in [0.717, 1.165) is 0 Å². The summed E-state index contributed by atoms with van der Waals surface area (Å²) in [6.45, 7) is 0. The molecule has 2 rings (SSSR count). The zero-order valence-electron chi connectivity index (χ0n) is 11.1. The predicted octanol–water partition coefficient (Wildman–Crippen LogP) is 1.33. The van der Waals surface area contributed by atoms with Gasteiger partial charge in [-0.25, -0.2) is 9.97 Å². The van der Waals surface area contributed by atoms with Crippen LogP contribution in [-0.4, -0.2) is 30.1 Å². The number of rotatable bonds is 4. The number of hydrogen-bond donors (Lipinski definition) is 2. The number of nitrogens with two attached hydrogens (primary N) is 1. The topological polar surface area (TPSA) is 99.4 Å². The van der Waals surface area contributed by atoms with Crippen molar-refractivity contribution in [3.8, 4) is 11.5 Å². The van der Waals surface area contributed by atoms with Crippen LogP contribution in [0.1, 0.15) is 10.5 Å². The Balaban J connectivity index is 2.26. The molecule has 0 spiro atoms. The van der Waals surface area contributed by atoms with Crippen LogP contribution >= 0.6 is 0 Å². The number of aromatic nitrogens is 2. The van der Waals surface area contributed by atoms with E-state index in [9.17, 15) is 4.79 Å². The van der Waals surface area contributed by atoms with Gasteiger partial charge >= 0.3 is 0 Å². The number of carbonyl (C=O) groups excluding carboxylic acids is 1. The van der Waals surface area contributed by atoms with Gasteiger partial charge in [0, 0.05) is 36.3 Å². The number of carbonyl (C=O) groups is 1. The molecule has 7 heteroatoms. The normalized spacial score (nSPS) is 9.90. The number of hydrogen-bond acceptors (Lipinski definition) is 6. The molecule has 3 N–H and O–H groups in total. The first-order valence-electron chi connectivity index (χ1n) is 5.75. The molecule has 0 unspecified atom stereocenters. The Morgan fingerprint density at radius 3 is 2.25 bits per heavy atom. The molecule has 0 saturated carbocycles. The van der Waals surface area contributed by atoms with E-state index >= 15 is 0 Å². The van der Waals surface area contributed by atoms with E-state index in [1.165, 1.54) is 26.6 Å². The van der Waals surface area contributed by atoms with Gasteiger partial charge in [0.2, 0.25) is 0 Å². The number of nitrogen functional groups attached to an aromatic ring is 1. The predicted molar refractivity (Wildman–Crippen MR) is 73.9 cm³/mol. The van der Waals surface area contributed by atoms with Gasteiger partial charge < -0.3 is 20.5 Å². The van der Waals surface area contributed by atoms with Crippen LogP contribution in [-0.2, 0) is 0 Å². The van der Waals surface area contributed by atoms with Crippen molar-refractivity contribution in [1.82, 2.24) is 9.97 Å². The minimum atomic E-state index is -0.453. The summed E-state index contributed by atoms with van der Waals surface area (Å²) in [5, 5.41) is 2.67. The molecular formula is C13H14N4O3. The smallest absolute Gasteiger partial charge is 0.278 e. The van der Waals surface area contributed by atoms with Gasteiger partial charge in [0.25, 0.3) is 5.91 Å². The van der Waals surface area contributed by atoms with E-state index in [4.69, 9.17) is 15.2 Å². The van der Waals surface area contributed by atoms with Gasteiger partial charge in [-0.1, -0.05) is 0 Å². The molecule has 104 valence electrons. The summed E-state index contributed by atoms with van der Waals surface area (Å²) in [6.07, 6.45) is 2.82. The first-order valence-corrected chi connectivity index (χ1v) is 5.75. The molecular weight excluding hydrogens is 260 g/mol. The first kappa shape index (κ1) is 13.6. The second kappa shape index (κ2) is 5.87. The van der Waals surface area contributed by atoms with Crippen LogP contribution < -0.4 is 20.5 Å². The molecule has 0 atom stereocenters. The van der Waals surface area contributed by atoms with Crippen molar-refractivity contribution in [2.45, 2.75) is 0 Å². The van der Waals surface area contributed by atoms with E-state index in [1.54, 1.807) is 18.2 Å². The van der Waals surface area contributed by atoms with Gasteiger partial charge in [0.05, 0.1) is 14.2 Å². The van der Waals surface area contributed by atoms with E-state index < -0.39 is 5.91 Å². The standard InChI is InChI=1S/C13H14N4O3/c1-19-9-5-8(6-10(7-9)20-2)17-13(18)11-12(14)16-4-3-15-11/h3-7H,1-2H3,(H2,14,16)(H,17,18). The summed E-state index contributed by atoms with van der Waals surface area (Å²) in [5.41, 5.74) is 6.18. The number of nitrogens with one attached hydrogen (secondary N) is 1. The Morgan fingerprint density at radius 2 is 1.70 bits per heavy atom. The third-order valence-electron chi connectivity index (χ3n) is 2.55. The molecule has 0 aliphatic carbocycles. The molecule has 0 bridgehead atoms. The van der Waals surface area contributed by atoms with Crippen molar-refractivity contribution in [1.29, 1.82) is 0 Å². The number of benzene rings is 1. The van der Waals surface area contributed by atoms with Crippen molar-refractivity contribution in [3.63, 3.8) is 0 Å². The molecule has 1 amide bonds. The van der Waals surface area contributed by atoms with Crippen molar-refractivity contribution in [3.05, 3.63) is 36.3 Å². The average molecular weight is 274 g/mol. The first-order chi connectivity index (χ1) is 9.63. The molecule has 0 aliphatic heterocycles. The lowest BCUT2D eigenvalue weighted by atomic mass is 10.2. The monoisotopic (exact) mass is 274 g/mol. The lowest BCUT2D eigenvalue weighted by molar-refractivity contribution is 0.102. The maximum Gasteiger partial charge on any atom is 0.278 e. The van der Waals surface area contributed by atoms with E-state index in [0.29, 0.717) is 17.2 Å². The van der Waals surface area contributed by atoms with E-state index in [-0.39, 0.29) is 11.5 Å². The van der Waals surface area contributed by atoms with Crippen molar-refractivity contribution in [2.24, 2.45) is 0 Å². The quantitative estimate of drug-likeness (QED) is 0.872. The third kappa shape index (κ3) is 2.94. The van der Waals surface area contributed by atoms with E-state index in [1.807, 2.05) is 0 Å². The largest absolute Gasteiger partial charge is 0.497 e. The lowest BCUT2D eigenvalue weighted by Gasteiger charge is -2.10. The van der Waals surface area contributed by atoms with Gasteiger partial charge in [-0.05, 0) is 0 Å². The summed E-state index contributed by atoms with van der Waals surface area (Å²) >= 11 is 0. The highest BCUT2D eigenvalue weighted by Crippen LogP contribution is 2.26. The van der Waals surface area contributed by atoms with Crippen LogP contribution in [0.4, 0.5) is 11.5 Å². The highest BCUT2D eigenvalue weighted by molar-refractivity contribution is 6.05. The number of anilines is 2. The second-order valence-corrected chi connectivity index (χ2v) is 3.85. The maximum absolute atomic E-state index is 12.1. The highest BCUT2D eigenvalue weighted by atomic mass is 16.5. The van der Waals surface area contributed by atoms with Crippen molar-refractivity contribution in [2.75, 3.05) is 25.3 Å². The molecule has 0 saturated heterocycles. The van der Waals surface area contributed by atoms with Crippen molar-refractivity contribution < 1.29 is 14.3 Å². The number of ether oxygens (including phenoxy) is 2. The van der Waals surface area contributed by atoms with Crippen LogP contribution in [0.2, 0.25) is 0 Å². The Labute approximate surface area is 115 Å². The fraction of sp³-hybridized carbons (Fsp3) is 0.154. The molecule has 7 nitrogen and oxygen atoms in total. The van der Waals surface area contributed by atoms with Crippen LogP contribution in [0.5, 0.6) is 11.5 Å². The summed E-state index contributed by atoms with van der Waals surface area (Å²) in [4.78, 5) is 19.8. The van der Waals surface area contributed by atoms with Crippen LogP contribution in [0.15, 0.2) is 30.6 Å². The highest BCUT2D eigenvalue weighted by Gasteiger charge is 2.13. The number of methoxy groups -OCH3 is 2. The lowest BCUT2D eigenvalue weighted by Crippen LogP contribution is -2.16. The van der Waals surface area contributed by atoms with Crippen LogP contribution in [0.25, 0.3) is 0 Å². The maximum atomic E-state index is 12.1. The van der Waals surface area contributed by atoms with Gasteiger partial charge in [-0.15, -0.1) is 0 Å². The van der Waals surface area contributed by atoms with E-state index in [2.05, 4.69) is 15.3 Å². The Hall–Kier alpha value is -2.83. The molecule has 1 heterocycles. The minimum absolute atomic E-state index is 0.0642. The van der Waals surface area contributed by atoms with Crippen LogP contribution in [0, 0.1) is 0 Å². The summed E-state index contributed by atoms with van der Waals surface area (Å²) in [5.74, 6) is 0.740. The summed E-state index contributed by atoms with van der Waals surface area (Å²) in [7, 11) is 3.06. The molecule has 1 aromatic carbocycles. The third-order valence-corrected chi connectivity index (χ3v) is 2.55. The molecule has 1 aromatic heterocycles. The fourth-order valence-electron chi connectivity index (χ4n) is 1.59. The molecule has 0 radical (unpaired) electrons. The molecule has 0 aliphatic rings. The number of nitrogens with zero attached hydrogens (tertiary/aromatic N) is 2. The van der Waals surface area contributed by atoms with Crippen molar-refractivity contribution >= 4 is 17.4 Å². The fourth-order valence-corrected chi connectivity index (χ4v) is 1.59. The van der Waals surface area contributed by atoms with Crippen LogP contribution in [0.3, 0.4) is 0 Å². The second-order valence-electron chi connectivity index (χ2n) is 3.85. The number of amides is 1. The van der Waals surface area contributed by atoms with Gasteiger partial charge in [-0.2, -0.15) is 0 Å². The summed E-state index contributed by atoms with van der Waals surface area (Å²) < 4.78 is 10.2. The zero-order valence-corrected chi connectivity index (χ0v) is 11.1. The molecule has 2 aromatic rings. The Kier molecular flexibility index (Phi) is 3.99. The minimum Gasteiger partial charge on any atom is -0.497 e. The van der Waals surface area contributed by atoms with Gasteiger partial charge in [0.15, 0.2) is 11.5 Å². The molecule has 20 heavy (non-hydrogen) atoms. The van der Waals surface area contributed by atoms with Gasteiger partial charge in [-0.3, -0.25) is 4.79 Å². The summed E-state index contributed by atoms with van der Waals surface area (Å²) in [6, 6.07) is 5.02.